The third-order valence-electron chi connectivity index (χ3n) is 2.88. The minimum atomic E-state index is -2.98. The molecule has 0 saturated carbocycles. The van der Waals surface area contributed by atoms with E-state index in [0.29, 0.717) is 23.6 Å². The number of halogens is 1. The Hall–Kier alpha value is 0.600. The van der Waals surface area contributed by atoms with Crippen molar-refractivity contribution in [2.24, 2.45) is 0 Å². The number of hydrogen-bond donors (Lipinski definition) is 0. The maximum Gasteiger partial charge on any atom is 0.214 e. The summed E-state index contributed by atoms with van der Waals surface area (Å²) >= 11 is 2.11. The second-order valence-corrected chi connectivity index (χ2v) is 7.27. The maximum absolute atomic E-state index is 11.8. The monoisotopic (exact) mass is 346 g/mol. The molecule has 0 spiro atoms. The van der Waals surface area contributed by atoms with E-state index in [-0.39, 0.29) is 5.75 Å². The van der Waals surface area contributed by atoms with Crippen molar-refractivity contribution in [3.05, 3.63) is 0 Å². The summed E-state index contributed by atoms with van der Waals surface area (Å²) in [6.07, 6.45) is 1.90. The molecule has 0 atom stereocenters. The number of nitrogens with zero attached hydrogens (tertiary/aromatic N) is 2. The van der Waals surface area contributed by atoms with Crippen LogP contribution in [0, 0.1) is 0 Å². The molecule has 0 aromatic heterocycles. The molecule has 0 aromatic carbocycles. The third kappa shape index (κ3) is 3.83. The van der Waals surface area contributed by atoms with Crippen LogP contribution in [0.2, 0.25) is 0 Å². The van der Waals surface area contributed by atoms with E-state index in [4.69, 9.17) is 0 Å². The van der Waals surface area contributed by atoms with Gasteiger partial charge in [0.25, 0.3) is 0 Å². The molecule has 0 N–H and O–H groups in total. The molecule has 1 saturated heterocycles. The number of rotatable bonds is 4. The molecule has 1 rings (SSSR count). The molecule has 90 valence electrons. The minimum absolute atomic E-state index is 0.278. The molecule has 4 nitrogen and oxygen atoms in total. The first kappa shape index (κ1) is 13.7. The molecular formula is C9H19IN2O2S. The van der Waals surface area contributed by atoms with E-state index in [1.807, 2.05) is 0 Å². The van der Waals surface area contributed by atoms with Gasteiger partial charge in [-0.25, -0.2) is 12.7 Å². The van der Waals surface area contributed by atoms with Crippen LogP contribution in [0.15, 0.2) is 0 Å². The highest BCUT2D eigenvalue weighted by molar-refractivity contribution is 14.1. The first-order valence-electron chi connectivity index (χ1n) is 5.17. The zero-order chi connectivity index (χ0) is 11.5. The Balaban J connectivity index is 2.50. The summed E-state index contributed by atoms with van der Waals surface area (Å²) in [5, 5.41) is 0. The van der Waals surface area contributed by atoms with Crippen molar-refractivity contribution in [1.82, 2.24) is 9.21 Å². The van der Waals surface area contributed by atoms with Crippen molar-refractivity contribution in [3.63, 3.8) is 0 Å². The average Bonchev–Trinajstić information content (AvgIpc) is 2.18. The van der Waals surface area contributed by atoms with Gasteiger partial charge in [0.15, 0.2) is 0 Å². The molecule has 0 bridgehead atoms. The number of sulfonamides is 1. The fourth-order valence-corrected chi connectivity index (χ4v) is 4.75. The van der Waals surface area contributed by atoms with Crippen molar-refractivity contribution in [2.75, 3.05) is 37.4 Å². The van der Waals surface area contributed by atoms with Crippen molar-refractivity contribution in [2.45, 2.75) is 18.9 Å². The van der Waals surface area contributed by atoms with E-state index in [1.165, 1.54) is 0 Å². The Bertz CT molecular complexity index is 284. The standard InChI is InChI=1S/C9H19IN2O2S/c1-11(2)9-3-6-12(7-4-9)15(13,14)8-5-10/h9H,3-8H2,1-2H3. The molecule has 1 fully saturated rings. The van der Waals surface area contributed by atoms with E-state index in [1.54, 1.807) is 4.31 Å². The van der Waals surface area contributed by atoms with Crippen LogP contribution in [0.4, 0.5) is 0 Å². The summed E-state index contributed by atoms with van der Waals surface area (Å²) in [7, 11) is 1.14. The van der Waals surface area contributed by atoms with Crippen LogP contribution in [0.5, 0.6) is 0 Å². The van der Waals surface area contributed by atoms with Gasteiger partial charge < -0.3 is 4.90 Å². The van der Waals surface area contributed by atoms with E-state index in [2.05, 4.69) is 41.6 Å². The summed E-state index contributed by atoms with van der Waals surface area (Å²) in [4.78, 5) is 2.18. The van der Waals surface area contributed by atoms with Gasteiger partial charge in [-0.15, -0.1) is 0 Å². The summed E-state index contributed by atoms with van der Waals surface area (Å²) in [5.41, 5.74) is 0. The van der Waals surface area contributed by atoms with E-state index >= 15 is 0 Å². The minimum Gasteiger partial charge on any atom is -0.306 e. The highest BCUT2D eigenvalue weighted by Crippen LogP contribution is 2.17. The Morgan fingerprint density at radius 3 is 2.27 bits per heavy atom. The maximum atomic E-state index is 11.8. The fraction of sp³-hybridized carbons (Fsp3) is 1.00. The van der Waals surface area contributed by atoms with Crippen LogP contribution in [0.3, 0.4) is 0 Å². The van der Waals surface area contributed by atoms with Crippen molar-refractivity contribution in [1.29, 1.82) is 0 Å². The van der Waals surface area contributed by atoms with Gasteiger partial charge in [0.05, 0.1) is 5.75 Å². The van der Waals surface area contributed by atoms with E-state index < -0.39 is 10.0 Å². The zero-order valence-corrected chi connectivity index (χ0v) is 12.3. The highest BCUT2D eigenvalue weighted by atomic mass is 127. The lowest BCUT2D eigenvalue weighted by atomic mass is 10.1. The second-order valence-electron chi connectivity index (χ2n) is 4.10. The molecule has 0 amide bonds. The summed E-state index contributed by atoms with van der Waals surface area (Å²) in [6, 6.07) is 0.538. The van der Waals surface area contributed by atoms with Crippen LogP contribution in [0.1, 0.15) is 12.8 Å². The van der Waals surface area contributed by atoms with E-state index in [0.717, 1.165) is 12.8 Å². The van der Waals surface area contributed by atoms with E-state index in [9.17, 15) is 8.42 Å². The van der Waals surface area contributed by atoms with Gasteiger partial charge >= 0.3 is 0 Å². The normalized spacial score (nSPS) is 21.1. The van der Waals surface area contributed by atoms with Gasteiger partial charge in [-0.1, -0.05) is 22.6 Å². The zero-order valence-electron chi connectivity index (χ0n) is 9.32. The summed E-state index contributed by atoms with van der Waals surface area (Å²) in [5.74, 6) is 0.278. The molecule has 1 aliphatic heterocycles. The average molecular weight is 346 g/mol. The topological polar surface area (TPSA) is 40.6 Å². The molecule has 6 heteroatoms. The molecule has 1 heterocycles. The summed E-state index contributed by atoms with van der Waals surface area (Å²) < 4.78 is 25.9. The van der Waals surface area contributed by atoms with Gasteiger partial charge in [-0.3, -0.25) is 0 Å². The molecule has 0 aliphatic carbocycles. The van der Waals surface area contributed by atoms with Gasteiger partial charge in [-0.05, 0) is 26.9 Å². The molecular weight excluding hydrogens is 327 g/mol. The van der Waals surface area contributed by atoms with Crippen LogP contribution in [0.25, 0.3) is 0 Å². The third-order valence-corrected chi connectivity index (χ3v) is 6.03. The lowest BCUT2D eigenvalue weighted by Gasteiger charge is -2.34. The van der Waals surface area contributed by atoms with Crippen LogP contribution < -0.4 is 0 Å². The first-order valence-corrected chi connectivity index (χ1v) is 8.31. The Labute approximate surface area is 106 Å². The molecule has 1 aliphatic rings. The highest BCUT2D eigenvalue weighted by Gasteiger charge is 2.27. The fourth-order valence-electron chi connectivity index (χ4n) is 1.86. The van der Waals surface area contributed by atoms with Gasteiger partial charge in [0.1, 0.15) is 0 Å². The SMILES string of the molecule is CN(C)C1CCN(S(=O)(=O)CCI)CC1. The number of alkyl halides is 1. The molecule has 15 heavy (non-hydrogen) atoms. The first-order chi connectivity index (χ1) is 6.97. The predicted octanol–water partition coefficient (Wildman–Crippen LogP) is 0.777. The second kappa shape index (κ2) is 5.79. The Kier molecular flexibility index (Phi) is 5.27. The van der Waals surface area contributed by atoms with Crippen molar-refractivity contribution >= 4 is 32.6 Å². The Morgan fingerprint density at radius 1 is 1.33 bits per heavy atom. The largest absolute Gasteiger partial charge is 0.306 e. The van der Waals surface area contributed by atoms with Crippen molar-refractivity contribution < 1.29 is 8.42 Å². The molecule has 0 aromatic rings. The summed E-state index contributed by atoms with van der Waals surface area (Å²) in [6.45, 7) is 1.36. The lowest BCUT2D eigenvalue weighted by Crippen LogP contribution is -2.45. The number of hydrogen-bond acceptors (Lipinski definition) is 3. The van der Waals surface area contributed by atoms with Gasteiger partial charge in [0, 0.05) is 23.6 Å². The van der Waals surface area contributed by atoms with Crippen LogP contribution in [-0.2, 0) is 10.0 Å². The van der Waals surface area contributed by atoms with Crippen LogP contribution >= 0.6 is 22.6 Å². The van der Waals surface area contributed by atoms with Gasteiger partial charge in [0.2, 0.25) is 10.0 Å². The lowest BCUT2D eigenvalue weighted by molar-refractivity contribution is 0.197. The van der Waals surface area contributed by atoms with Crippen LogP contribution in [-0.4, -0.2) is 61.0 Å². The Morgan fingerprint density at radius 2 is 1.87 bits per heavy atom. The van der Waals surface area contributed by atoms with Crippen molar-refractivity contribution in [3.8, 4) is 0 Å². The van der Waals surface area contributed by atoms with Gasteiger partial charge in [-0.2, -0.15) is 0 Å². The quantitative estimate of drug-likeness (QED) is 0.558. The molecule has 0 unspecified atom stereocenters. The number of piperidine rings is 1. The predicted molar refractivity (Wildman–Crippen MR) is 71.0 cm³/mol. The smallest absolute Gasteiger partial charge is 0.214 e. The molecule has 0 radical (unpaired) electrons.